The largest absolute Gasteiger partial charge is 0.507 e. The van der Waals surface area contributed by atoms with Gasteiger partial charge in [-0.1, -0.05) is 42.5 Å². The molecule has 1 aliphatic rings. The van der Waals surface area contributed by atoms with Gasteiger partial charge in [-0.3, -0.25) is 9.59 Å². The number of amides is 2. The van der Waals surface area contributed by atoms with Crippen LogP contribution in [0.1, 0.15) is 28.8 Å². The van der Waals surface area contributed by atoms with Crippen molar-refractivity contribution in [3.8, 4) is 5.75 Å². The lowest BCUT2D eigenvalue weighted by molar-refractivity contribution is -0.125. The highest BCUT2D eigenvalue weighted by Gasteiger charge is 2.42. The Bertz CT molecular complexity index is 750. The third-order valence-electron chi connectivity index (χ3n) is 4.84. The predicted molar refractivity (Wildman–Crippen MR) is 90.6 cm³/mol. The zero-order valence-electron chi connectivity index (χ0n) is 13.3. The lowest BCUT2D eigenvalue weighted by atomic mass is 9.72. The Hall–Kier alpha value is -2.82. The normalized spacial score (nSPS) is 16.6. The zero-order valence-corrected chi connectivity index (χ0v) is 13.3. The number of hydrogen-bond acceptors (Lipinski definition) is 3. The Morgan fingerprint density at radius 1 is 0.958 bits per heavy atom. The van der Waals surface area contributed by atoms with E-state index in [9.17, 15) is 14.7 Å². The number of rotatable bonds is 3. The summed E-state index contributed by atoms with van der Waals surface area (Å²) in [4.78, 5) is 26.4. The summed E-state index contributed by atoms with van der Waals surface area (Å²) in [6.07, 6.45) is 0.956. The van der Waals surface area contributed by atoms with E-state index in [4.69, 9.17) is 5.73 Å². The molecule has 124 valence electrons. The molecule has 0 aromatic heterocycles. The van der Waals surface area contributed by atoms with E-state index in [0.717, 1.165) is 5.56 Å². The Labute approximate surface area is 140 Å². The van der Waals surface area contributed by atoms with Crippen molar-refractivity contribution < 1.29 is 14.7 Å². The van der Waals surface area contributed by atoms with Crippen molar-refractivity contribution >= 4 is 11.8 Å². The fraction of sp³-hybridized carbons (Fsp3) is 0.263. The molecule has 0 atom stereocenters. The molecule has 5 nitrogen and oxygen atoms in total. The molecule has 0 saturated carbocycles. The number of aromatic hydroxyl groups is 1. The topological polar surface area (TPSA) is 83.6 Å². The summed E-state index contributed by atoms with van der Waals surface area (Å²) in [6.45, 7) is 0.843. The van der Waals surface area contributed by atoms with Gasteiger partial charge in [-0.15, -0.1) is 0 Å². The van der Waals surface area contributed by atoms with Gasteiger partial charge >= 0.3 is 0 Å². The van der Waals surface area contributed by atoms with E-state index in [2.05, 4.69) is 0 Å². The fourth-order valence-electron chi connectivity index (χ4n) is 3.35. The van der Waals surface area contributed by atoms with Crippen molar-refractivity contribution in [2.45, 2.75) is 18.3 Å². The first-order chi connectivity index (χ1) is 11.5. The van der Waals surface area contributed by atoms with Gasteiger partial charge in [0.1, 0.15) is 5.75 Å². The zero-order chi connectivity index (χ0) is 17.2. The second kappa shape index (κ2) is 6.35. The quantitative estimate of drug-likeness (QED) is 0.906. The average Bonchev–Trinajstić information content (AvgIpc) is 2.62. The van der Waals surface area contributed by atoms with Gasteiger partial charge in [0.15, 0.2) is 0 Å². The number of piperidine rings is 1. The molecule has 24 heavy (non-hydrogen) atoms. The lowest BCUT2D eigenvalue weighted by Gasteiger charge is -2.40. The van der Waals surface area contributed by atoms with Gasteiger partial charge in [0, 0.05) is 13.1 Å². The van der Waals surface area contributed by atoms with Crippen molar-refractivity contribution in [1.29, 1.82) is 0 Å². The highest BCUT2D eigenvalue weighted by atomic mass is 16.3. The lowest BCUT2D eigenvalue weighted by Crippen LogP contribution is -2.51. The second-order valence-corrected chi connectivity index (χ2v) is 6.12. The number of carbonyl (C=O) groups is 2. The molecule has 1 aliphatic heterocycles. The first-order valence-corrected chi connectivity index (χ1v) is 7.97. The number of nitrogens with two attached hydrogens (primary N) is 1. The number of phenolic OH excluding ortho intramolecular Hbond substituents is 1. The van der Waals surface area contributed by atoms with Crippen molar-refractivity contribution in [3.63, 3.8) is 0 Å². The first kappa shape index (κ1) is 16.1. The van der Waals surface area contributed by atoms with Crippen LogP contribution in [0.25, 0.3) is 0 Å². The maximum absolute atomic E-state index is 12.6. The summed E-state index contributed by atoms with van der Waals surface area (Å²) in [5.74, 6) is -0.611. The summed E-state index contributed by atoms with van der Waals surface area (Å²) >= 11 is 0. The molecular formula is C19H20N2O3. The highest BCUT2D eigenvalue weighted by Crippen LogP contribution is 2.36. The molecule has 0 radical (unpaired) electrons. The van der Waals surface area contributed by atoms with Gasteiger partial charge in [0.25, 0.3) is 5.91 Å². The van der Waals surface area contributed by atoms with E-state index in [1.165, 1.54) is 6.07 Å². The summed E-state index contributed by atoms with van der Waals surface area (Å²) in [6, 6.07) is 16.0. The Kier molecular flexibility index (Phi) is 4.25. The third kappa shape index (κ3) is 2.73. The molecular weight excluding hydrogens is 304 g/mol. The van der Waals surface area contributed by atoms with Crippen LogP contribution in [0.15, 0.2) is 54.6 Å². The van der Waals surface area contributed by atoms with E-state index in [1.54, 1.807) is 23.1 Å². The van der Waals surface area contributed by atoms with Crippen LogP contribution in [0.5, 0.6) is 5.75 Å². The molecule has 0 bridgehead atoms. The fourth-order valence-corrected chi connectivity index (χ4v) is 3.35. The standard InChI is InChI=1S/C19H20N2O3/c20-18(24)19(14-6-2-1-3-7-14)10-12-21(13-11-19)17(23)15-8-4-5-9-16(15)22/h1-9,22H,10-13H2,(H2,20,24). The van der Waals surface area contributed by atoms with Gasteiger partial charge in [0.05, 0.1) is 11.0 Å². The number of phenols is 1. The minimum Gasteiger partial charge on any atom is -0.507 e. The molecule has 2 amide bonds. The van der Waals surface area contributed by atoms with Crippen LogP contribution in [-0.4, -0.2) is 34.9 Å². The number of primary amides is 1. The van der Waals surface area contributed by atoms with Crippen molar-refractivity contribution in [2.24, 2.45) is 5.73 Å². The van der Waals surface area contributed by atoms with Crippen molar-refractivity contribution in [1.82, 2.24) is 4.90 Å². The second-order valence-electron chi connectivity index (χ2n) is 6.12. The summed E-state index contributed by atoms with van der Waals surface area (Å²) in [5, 5.41) is 9.86. The number of nitrogens with zero attached hydrogens (tertiary/aromatic N) is 1. The van der Waals surface area contributed by atoms with Crippen molar-refractivity contribution in [2.75, 3.05) is 13.1 Å². The minimum absolute atomic E-state index is 0.0303. The van der Waals surface area contributed by atoms with Gasteiger partial charge < -0.3 is 15.7 Å². The van der Waals surface area contributed by atoms with Crippen LogP contribution in [-0.2, 0) is 10.2 Å². The van der Waals surface area contributed by atoms with Gasteiger partial charge in [-0.2, -0.15) is 0 Å². The van der Waals surface area contributed by atoms with E-state index in [1.807, 2.05) is 30.3 Å². The summed E-state index contributed by atoms with van der Waals surface area (Å²) in [7, 11) is 0. The maximum atomic E-state index is 12.6. The predicted octanol–water partition coefficient (Wildman–Crippen LogP) is 2.05. The molecule has 0 unspecified atom stereocenters. The van der Waals surface area contributed by atoms with Crippen LogP contribution in [0.3, 0.4) is 0 Å². The first-order valence-electron chi connectivity index (χ1n) is 7.97. The van der Waals surface area contributed by atoms with Gasteiger partial charge in [-0.05, 0) is 30.5 Å². The van der Waals surface area contributed by atoms with Gasteiger partial charge in [0.2, 0.25) is 5.91 Å². The van der Waals surface area contributed by atoms with E-state index >= 15 is 0 Å². The van der Waals surface area contributed by atoms with Crippen molar-refractivity contribution in [3.05, 3.63) is 65.7 Å². The Morgan fingerprint density at radius 2 is 1.54 bits per heavy atom. The minimum atomic E-state index is -0.739. The van der Waals surface area contributed by atoms with E-state index in [0.29, 0.717) is 25.9 Å². The number of benzene rings is 2. The summed E-state index contributed by atoms with van der Waals surface area (Å²) < 4.78 is 0. The average molecular weight is 324 g/mol. The third-order valence-corrected chi connectivity index (χ3v) is 4.84. The number of hydrogen-bond donors (Lipinski definition) is 2. The van der Waals surface area contributed by atoms with E-state index < -0.39 is 5.41 Å². The smallest absolute Gasteiger partial charge is 0.257 e. The molecule has 2 aromatic rings. The number of likely N-dealkylation sites (tertiary alicyclic amines) is 1. The number of carbonyl (C=O) groups excluding carboxylic acids is 2. The molecule has 2 aromatic carbocycles. The van der Waals surface area contributed by atoms with E-state index in [-0.39, 0.29) is 23.1 Å². The maximum Gasteiger partial charge on any atom is 0.257 e. The van der Waals surface area contributed by atoms with Crippen LogP contribution < -0.4 is 5.73 Å². The molecule has 3 rings (SSSR count). The van der Waals surface area contributed by atoms with Crippen LogP contribution in [0.4, 0.5) is 0 Å². The molecule has 3 N–H and O–H groups in total. The monoisotopic (exact) mass is 324 g/mol. The summed E-state index contributed by atoms with van der Waals surface area (Å²) in [5.41, 5.74) is 6.15. The molecule has 1 heterocycles. The SMILES string of the molecule is NC(=O)C1(c2ccccc2)CCN(C(=O)c2ccccc2O)CC1. The molecule has 0 spiro atoms. The highest BCUT2D eigenvalue weighted by molar-refractivity contribution is 5.97. The molecule has 1 saturated heterocycles. The van der Waals surface area contributed by atoms with Crippen LogP contribution in [0.2, 0.25) is 0 Å². The molecule has 1 fully saturated rings. The molecule has 0 aliphatic carbocycles. The van der Waals surface area contributed by atoms with Crippen LogP contribution >= 0.6 is 0 Å². The molecule has 5 heteroatoms. The number of para-hydroxylation sites is 1. The van der Waals surface area contributed by atoms with Crippen LogP contribution in [0, 0.1) is 0 Å². The van der Waals surface area contributed by atoms with Gasteiger partial charge in [-0.25, -0.2) is 0 Å². The Balaban J connectivity index is 1.80. The Morgan fingerprint density at radius 3 is 2.12 bits per heavy atom.